The summed E-state index contributed by atoms with van der Waals surface area (Å²) in [6.07, 6.45) is 2.88. The Kier molecular flexibility index (Phi) is 3.33. The highest BCUT2D eigenvalue weighted by Crippen LogP contribution is 2.26. The van der Waals surface area contributed by atoms with Crippen LogP contribution in [0.4, 0.5) is 17.3 Å². The van der Waals surface area contributed by atoms with E-state index in [0.29, 0.717) is 0 Å². The minimum Gasteiger partial charge on any atom is -0.393 e. The number of hydrogen-bond acceptors (Lipinski definition) is 6. The van der Waals surface area contributed by atoms with Gasteiger partial charge in [-0.15, -0.1) is 0 Å². The highest BCUT2D eigenvalue weighted by atomic mass is 16.6. The second-order valence-electron chi connectivity index (χ2n) is 3.53. The summed E-state index contributed by atoms with van der Waals surface area (Å²) in [4.78, 5) is 29.7. The average molecular weight is 259 g/mol. The summed E-state index contributed by atoms with van der Waals surface area (Å²) in [7, 11) is 0. The SMILES string of the molecule is Nc1cccc(C(=O)Nc2ncccn2)c1[N+](=O)[O-]. The number of anilines is 2. The van der Waals surface area contributed by atoms with Gasteiger partial charge in [-0.25, -0.2) is 9.97 Å². The number of nitrogens with one attached hydrogen (secondary N) is 1. The number of hydrogen-bond donors (Lipinski definition) is 2. The van der Waals surface area contributed by atoms with E-state index in [1.165, 1.54) is 30.6 Å². The van der Waals surface area contributed by atoms with Crippen LogP contribution in [-0.2, 0) is 0 Å². The number of benzene rings is 1. The lowest BCUT2D eigenvalue weighted by Gasteiger charge is -2.05. The molecule has 0 aliphatic carbocycles. The smallest absolute Gasteiger partial charge is 0.304 e. The first kappa shape index (κ1) is 12.4. The number of carbonyl (C=O) groups excluding carboxylic acids is 1. The fourth-order valence-electron chi connectivity index (χ4n) is 1.48. The molecule has 2 aromatic rings. The van der Waals surface area contributed by atoms with Gasteiger partial charge in [0, 0.05) is 12.4 Å². The van der Waals surface area contributed by atoms with Gasteiger partial charge < -0.3 is 5.73 Å². The van der Waals surface area contributed by atoms with E-state index in [1.54, 1.807) is 6.07 Å². The van der Waals surface area contributed by atoms with Crippen LogP contribution in [0.5, 0.6) is 0 Å². The van der Waals surface area contributed by atoms with Gasteiger partial charge in [-0.3, -0.25) is 20.2 Å². The summed E-state index contributed by atoms with van der Waals surface area (Å²) >= 11 is 0. The summed E-state index contributed by atoms with van der Waals surface area (Å²) < 4.78 is 0. The van der Waals surface area contributed by atoms with Crippen molar-refractivity contribution in [2.75, 3.05) is 11.1 Å². The van der Waals surface area contributed by atoms with Gasteiger partial charge in [0.1, 0.15) is 11.3 Å². The third-order valence-corrected chi connectivity index (χ3v) is 2.29. The van der Waals surface area contributed by atoms with Crippen LogP contribution in [0.3, 0.4) is 0 Å². The number of aromatic nitrogens is 2. The standard InChI is InChI=1S/C11H9N5O3/c12-8-4-1-3-7(9(8)16(18)19)10(17)15-11-13-5-2-6-14-11/h1-6H,12H2,(H,13,14,15,17). The molecule has 2 rings (SSSR count). The van der Waals surface area contributed by atoms with E-state index < -0.39 is 16.5 Å². The van der Waals surface area contributed by atoms with E-state index >= 15 is 0 Å². The maximum atomic E-state index is 11.9. The Balaban J connectivity index is 2.35. The minimum absolute atomic E-state index is 0.0595. The van der Waals surface area contributed by atoms with Gasteiger partial charge in [0.05, 0.1) is 4.92 Å². The molecule has 0 saturated heterocycles. The molecule has 3 N–H and O–H groups in total. The number of nitrogens with two attached hydrogens (primary N) is 1. The maximum absolute atomic E-state index is 11.9. The van der Waals surface area contributed by atoms with Crippen molar-refractivity contribution in [1.82, 2.24) is 9.97 Å². The minimum atomic E-state index is -0.698. The zero-order valence-electron chi connectivity index (χ0n) is 9.61. The van der Waals surface area contributed by atoms with Crippen molar-refractivity contribution < 1.29 is 9.72 Å². The van der Waals surface area contributed by atoms with E-state index in [2.05, 4.69) is 15.3 Å². The molecule has 1 amide bonds. The number of nitro benzene ring substituents is 1. The molecule has 0 unspecified atom stereocenters. The number of rotatable bonds is 3. The van der Waals surface area contributed by atoms with Gasteiger partial charge in [-0.2, -0.15) is 0 Å². The molecule has 96 valence electrons. The summed E-state index contributed by atoms with van der Waals surface area (Å²) in [5.41, 5.74) is 4.85. The number of nitrogens with zero attached hydrogens (tertiary/aromatic N) is 3. The fraction of sp³-hybridized carbons (Fsp3) is 0. The molecule has 1 aromatic heterocycles. The van der Waals surface area contributed by atoms with Crippen molar-refractivity contribution >= 4 is 23.2 Å². The quantitative estimate of drug-likeness (QED) is 0.485. The third kappa shape index (κ3) is 2.63. The lowest BCUT2D eigenvalue weighted by molar-refractivity contribution is -0.384. The number of nitro groups is 1. The molecular weight excluding hydrogens is 250 g/mol. The Morgan fingerprint density at radius 1 is 1.26 bits per heavy atom. The van der Waals surface area contributed by atoms with Crippen molar-refractivity contribution in [1.29, 1.82) is 0 Å². The third-order valence-electron chi connectivity index (χ3n) is 2.29. The Labute approximate surface area is 107 Å². The molecule has 8 heteroatoms. The van der Waals surface area contributed by atoms with E-state index in [1.807, 2.05) is 0 Å². The molecule has 0 bridgehead atoms. The Bertz CT molecular complexity index is 629. The Morgan fingerprint density at radius 3 is 2.58 bits per heavy atom. The van der Waals surface area contributed by atoms with Crippen LogP contribution < -0.4 is 11.1 Å². The second-order valence-corrected chi connectivity index (χ2v) is 3.53. The maximum Gasteiger partial charge on any atom is 0.304 e. The van der Waals surface area contributed by atoms with Gasteiger partial charge in [-0.1, -0.05) is 6.07 Å². The molecule has 0 saturated carbocycles. The molecular formula is C11H9N5O3. The lowest BCUT2D eigenvalue weighted by Crippen LogP contribution is -2.16. The first-order valence-electron chi connectivity index (χ1n) is 5.21. The topological polar surface area (TPSA) is 124 Å². The lowest BCUT2D eigenvalue weighted by atomic mass is 10.1. The van der Waals surface area contributed by atoms with Crippen LogP contribution in [-0.4, -0.2) is 20.8 Å². The van der Waals surface area contributed by atoms with Gasteiger partial charge >= 0.3 is 5.69 Å². The predicted octanol–water partition coefficient (Wildman–Crippen LogP) is 1.22. The van der Waals surface area contributed by atoms with Gasteiger partial charge in [-0.05, 0) is 18.2 Å². The van der Waals surface area contributed by atoms with E-state index in [4.69, 9.17) is 5.73 Å². The zero-order chi connectivity index (χ0) is 13.8. The number of carbonyl (C=O) groups is 1. The van der Waals surface area contributed by atoms with E-state index in [9.17, 15) is 14.9 Å². The van der Waals surface area contributed by atoms with Gasteiger partial charge in [0.25, 0.3) is 5.91 Å². The van der Waals surface area contributed by atoms with Crippen molar-refractivity contribution in [3.8, 4) is 0 Å². The van der Waals surface area contributed by atoms with Crippen molar-refractivity contribution in [2.45, 2.75) is 0 Å². The van der Waals surface area contributed by atoms with Gasteiger partial charge in [0.2, 0.25) is 5.95 Å². The number of para-hydroxylation sites is 1. The van der Waals surface area contributed by atoms with Crippen LogP contribution in [0.15, 0.2) is 36.7 Å². The number of nitrogen functional groups attached to an aromatic ring is 1. The number of amides is 1. The highest BCUT2D eigenvalue weighted by Gasteiger charge is 2.23. The molecule has 0 radical (unpaired) electrons. The highest BCUT2D eigenvalue weighted by molar-refractivity contribution is 6.07. The average Bonchev–Trinajstić information content (AvgIpc) is 2.39. The normalized spacial score (nSPS) is 9.89. The molecule has 8 nitrogen and oxygen atoms in total. The Morgan fingerprint density at radius 2 is 1.95 bits per heavy atom. The first-order chi connectivity index (χ1) is 9.09. The molecule has 0 aliphatic heterocycles. The fourth-order valence-corrected chi connectivity index (χ4v) is 1.48. The summed E-state index contributed by atoms with van der Waals surface area (Å²) in [6.45, 7) is 0. The van der Waals surface area contributed by atoms with E-state index in [-0.39, 0.29) is 17.2 Å². The molecule has 1 heterocycles. The molecule has 0 aliphatic rings. The largest absolute Gasteiger partial charge is 0.393 e. The van der Waals surface area contributed by atoms with Crippen LogP contribution in [0.25, 0.3) is 0 Å². The predicted molar refractivity (Wildman–Crippen MR) is 67.5 cm³/mol. The van der Waals surface area contributed by atoms with Crippen molar-refractivity contribution in [2.24, 2.45) is 0 Å². The zero-order valence-corrected chi connectivity index (χ0v) is 9.61. The van der Waals surface area contributed by atoms with Gasteiger partial charge in [0.15, 0.2) is 0 Å². The van der Waals surface area contributed by atoms with Crippen LogP contribution in [0.1, 0.15) is 10.4 Å². The molecule has 0 atom stereocenters. The monoisotopic (exact) mass is 259 g/mol. The van der Waals surface area contributed by atoms with E-state index in [0.717, 1.165) is 0 Å². The van der Waals surface area contributed by atoms with Crippen LogP contribution in [0, 0.1) is 10.1 Å². The summed E-state index contributed by atoms with van der Waals surface area (Å²) in [5, 5.41) is 13.3. The summed E-state index contributed by atoms with van der Waals surface area (Å²) in [5.74, 6) is -0.630. The first-order valence-corrected chi connectivity index (χ1v) is 5.21. The molecule has 0 spiro atoms. The molecule has 1 aromatic carbocycles. The molecule has 19 heavy (non-hydrogen) atoms. The van der Waals surface area contributed by atoms with Crippen LogP contribution in [0.2, 0.25) is 0 Å². The van der Waals surface area contributed by atoms with Crippen molar-refractivity contribution in [3.63, 3.8) is 0 Å². The summed E-state index contributed by atoms with van der Waals surface area (Å²) in [6, 6.07) is 5.71. The molecule has 0 fully saturated rings. The van der Waals surface area contributed by atoms with Crippen LogP contribution >= 0.6 is 0 Å². The Hall–Kier alpha value is -3.03. The van der Waals surface area contributed by atoms with Crippen molar-refractivity contribution in [3.05, 3.63) is 52.3 Å². The second kappa shape index (κ2) is 5.08.